The van der Waals surface area contributed by atoms with Gasteiger partial charge in [0.05, 0.1) is 23.3 Å². The molecule has 160 valence electrons. The number of aryl methyl sites for hydroxylation is 2. The number of benzene rings is 1. The number of likely N-dealkylation sites (tertiary alicyclic amines) is 1. The van der Waals surface area contributed by atoms with Crippen LogP contribution in [0.1, 0.15) is 68.0 Å². The third-order valence-corrected chi connectivity index (χ3v) is 5.97. The summed E-state index contributed by atoms with van der Waals surface area (Å²) in [5, 5.41) is 7.57. The highest BCUT2D eigenvalue weighted by atomic mass is 16.2. The molecule has 4 rings (SSSR count). The van der Waals surface area contributed by atoms with Gasteiger partial charge in [-0.25, -0.2) is 4.98 Å². The van der Waals surface area contributed by atoms with E-state index in [1.54, 1.807) is 4.68 Å². The van der Waals surface area contributed by atoms with Gasteiger partial charge in [-0.2, -0.15) is 5.10 Å². The quantitative estimate of drug-likeness (QED) is 0.665. The number of hydrogen-bond donors (Lipinski definition) is 1. The Bertz CT molecular complexity index is 1040. The molecule has 3 aromatic rings. The summed E-state index contributed by atoms with van der Waals surface area (Å²) in [7, 11) is 2.07. The van der Waals surface area contributed by atoms with Gasteiger partial charge in [0, 0.05) is 19.3 Å². The van der Waals surface area contributed by atoms with Crippen molar-refractivity contribution in [1.29, 1.82) is 0 Å². The Labute approximate surface area is 178 Å². The summed E-state index contributed by atoms with van der Waals surface area (Å²) in [6.07, 6.45) is 3.87. The highest BCUT2D eigenvalue weighted by molar-refractivity contribution is 6.04. The van der Waals surface area contributed by atoms with Gasteiger partial charge in [0.1, 0.15) is 11.5 Å². The van der Waals surface area contributed by atoms with E-state index in [0.29, 0.717) is 12.2 Å². The van der Waals surface area contributed by atoms with Crippen molar-refractivity contribution in [2.45, 2.75) is 59.0 Å². The Kier molecular flexibility index (Phi) is 5.90. The second-order valence-electron chi connectivity index (χ2n) is 8.51. The van der Waals surface area contributed by atoms with E-state index in [0.717, 1.165) is 47.9 Å². The number of fused-ring (bicyclic) bond motifs is 1. The molecule has 1 aliphatic heterocycles. The monoisotopic (exact) mass is 408 g/mol. The van der Waals surface area contributed by atoms with Crippen LogP contribution in [0.5, 0.6) is 0 Å². The number of rotatable bonds is 6. The molecule has 0 spiro atoms. The topological polar surface area (TPSA) is 68.0 Å². The molecule has 1 aromatic carbocycles. The van der Waals surface area contributed by atoms with E-state index in [4.69, 9.17) is 4.98 Å². The molecule has 1 fully saturated rings. The molecule has 0 bridgehead atoms. The SMILES string of the molecule is CCn1nc(C(C)C)cc1C(=O)Nc1ccc2c(c1)nc(CN1CCCCC1)n2C. The normalized spacial score (nSPS) is 15.2. The molecule has 3 heterocycles. The van der Waals surface area contributed by atoms with Crippen LogP contribution in [-0.4, -0.2) is 43.2 Å². The van der Waals surface area contributed by atoms with Crippen molar-refractivity contribution in [3.63, 3.8) is 0 Å². The molecular formula is C23H32N6O. The van der Waals surface area contributed by atoms with Crippen molar-refractivity contribution in [2.24, 2.45) is 7.05 Å². The van der Waals surface area contributed by atoms with Crippen molar-refractivity contribution in [3.05, 3.63) is 41.5 Å². The Balaban J connectivity index is 1.54. The molecule has 0 radical (unpaired) electrons. The first-order valence-electron chi connectivity index (χ1n) is 11.0. The van der Waals surface area contributed by atoms with Crippen LogP contribution in [0.25, 0.3) is 11.0 Å². The van der Waals surface area contributed by atoms with Crippen LogP contribution in [-0.2, 0) is 20.1 Å². The highest BCUT2D eigenvalue weighted by Crippen LogP contribution is 2.22. The lowest BCUT2D eigenvalue weighted by Crippen LogP contribution is -2.30. The summed E-state index contributed by atoms with van der Waals surface area (Å²) in [5.41, 5.74) is 4.28. The van der Waals surface area contributed by atoms with Gasteiger partial charge in [0.15, 0.2) is 0 Å². The van der Waals surface area contributed by atoms with Crippen LogP contribution in [0.3, 0.4) is 0 Å². The standard InChI is InChI=1S/C23H32N6O/c1-5-29-21(14-18(26-29)16(2)3)23(30)24-17-9-10-20-19(13-17)25-22(27(20)4)15-28-11-7-6-8-12-28/h9-10,13-14,16H,5-8,11-12,15H2,1-4H3,(H,24,30). The predicted octanol–water partition coefficient (Wildman–Crippen LogP) is 4.15. The zero-order chi connectivity index (χ0) is 21.3. The fraction of sp³-hybridized carbons (Fsp3) is 0.522. The maximum absolute atomic E-state index is 12.9. The second-order valence-corrected chi connectivity index (χ2v) is 8.51. The minimum atomic E-state index is -0.139. The van der Waals surface area contributed by atoms with Crippen molar-refractivity contribution in [3.8, 4) is 0 Å². The second kappa shape index (κ2) is 8.60. The number of amides is 1. The maximum atomic E-state index is 12.9. The van der Waals surface area contributed by atoms with E-state index in [9.17, 15) is 4.79 Å². The lowest BCUT2D eigenvalue weighted by molar-refractivity contribution is 0.101. The maximum Gasteiger partial charge on any atom is 0.273 e. The van der Waals surface area contributed by atoms with E-state index < -0.39 is 0 Å². The van der Waals surface area contributed by atoms with Gasteiger partial charge in [-0.3, -0.25) is 14.4 Å². The zero-order valence-corrected chi connectivity index (χ0v) is 18.5. The summed E-state index contributed by atoms with van der Waals surface area (Å²) in [4.78, 5) is 20.2. The lowest BCUT2D eigenvalue weighted by atomic mass is 10.1. The number of imidazole rings is 1. The summed E-state index contributed by atoms with van der Waals surface area (Å²) < 4.78 is 3.93. The van der Waals surface area contributed by atoms with Crippen molar-refractivity contribution < 1.29 is 4.79 Å². The first kappa shape index (κ1) is 20.6. The molecule has 0 saturated carbocycles. The molecule has 1 aliphatic rings. The molecule has 0 aliphatic carbocycles. The fourth-order valence-corrected chi connectivity index (χ4v) is 4.12. The minimum absolute atomic E-state index is 0.139. The van der Waals surface area contributed by atoms with Gasteiger partial charge in [0.2, 0.25) is 0 Å². The third-order valence-electron chi connectivity index (χ3n) is 5.97. The molecule has 7 heteroatoms. The van der Waals surface area contributed by atoms with E-state index in [1.165, 1.54) is 19.3 Å². The molecule has 1 saturated heterocycles. The van der Waals surface area contributed by atoms with Crippen molar-refractivity contribution >= 4 is 22.6 Å². The highest BCUT2D eigenvalue weighted by Gasteiger charge is 2.18. The average Bonchev–Trinajstić information content (AvgIpc) is 3.31. The Morgan fingerprint density at radius 3 is 2.63 bits per heavy atom. The first-order valence-corrected chi connectivity index (χ1v) is 11.0. The van der Waals surface area contributed by atoms with E-state index in [1.807, 2.05) is 31.2 Å². The third kappa shape index (κ3) is 4.12. The van der Waals surface area contributed by atoms with E-state index in [-0.39, 0.29) is 11.8 Å². The molecule has 2 aromatic heterocycles. The lowest BCUT2D eigenvalue weighted by Gasteiger charge is -2.25. The molecule has 30 heavy (non-hydrogen) atoms. The summed E-state index contributed by atoms with van der Waals surface area (Å²) in [5.74, 6) is 1.22. The van der Waals surface area contributed by atoms with Crippen LogP contribution >= 0.6 is 0 Å². The summed E-state index contributed by atoms with van der Waals surface area (Å²) in [6.45, 7) is 10.00. The van der Waals surface area contributed by atoms with Crippen LogP contribution < -0.4 is 5.32 Å². The van der Waals surface area contributed by atoms with E-state index in [2.05, 4.69) is 40.8 Å². The Morgan fingerprint density at radius 1 is 1.17 bits per heavy atom. The van der Waals surface area contributed by atoms with Gasteiger partial charge < -0.3 is 9.88 Å². The van der Waals surface area contributed by atoms with Crippen LogP contribution in [0.2, 0.25) is 0 Å². The van der Waals surface area contributed by atoms with Gasteiger partial charge in [-0.15, -0.1) is 0 Å². The first-order chi connectivity index (χ1) is 14.5. The van der Waals surface area contributed by atoms with Gasteiger partial charge in [-0.1, -0.05) is 20.3 Å². The Hall–Kier alpha value is -2.67. The zero-order valence-electron chi connectivity index (χ0n) is 18.5. The number of carbonyl (C=O) groups excluding carboxylic acids is 1. The van der Waals surface area contributed by atoms with Gasteiger partial charge >= 0.3 is 0 Å². The van der Waals surface area contributed by atoms with Crippen LogP contribution in [0.15, 0.2) is 24.3 Å². The largest absolute Gasteiger partial charge is 0.330 e. The number of carbonyl (C=O) groups is 1. The minimum Gasteiger partial charge on any atom is -0.330 e. The van der Waals surface area contributed by atoms with Gasteiger partial charge in [0.25, 0.3) is 5.91 Å². The molecule has 7 nitrogen and oxygen atoms in total. The van der Waals surface area contributed by atoms with Crippen molar-refractivity contribution in [2.75, 3.05) is 18.4 Å². The number of nitrogens with zero attached hydrogens (tertiary/aromatic N) is 5. The molecule has 0 unspecified atom stereocenters. The molecular weight excluding hydrogens is 376 g/mol. The fourth-order valence-electron chi connectivity index (χ4n) is 4.12. The predicted molar refractivity (Wildman–Crippen MR) is 120 cm³/mol. The average molecular weight is 409 g/mol. The number of aromatic nitrogens is 4. The molecule has 1 N–H and O–H groups in total. The van der Waals surface area contributed by atoms with Crippen molar-refractivity contribution in [1.82, 2.24) is 24.2 Å². The summed E-state index contributed by atoms with van der Waals surface area (Å²) in [6, 6.07) is 7.83. The number of anilines is 1. The van der Waals surface area contributed by atoms with Gasteiger partial charge in [-0.05, 0) is 63.0 Å². The van der Waals surface area contributed by atoms with E-state index >= 15 is 0 Å². The molecule has 1 amide bonds. The Morgan fingerprint density at radius 2 is 1.93 bits per heavy atom. The number of piperidine rings is 1. The molecule has 0 atom stereocenters. The van der Waals surface area contributed by atoms with Crippen LogP contribution in [0.4, 0.5) is 5.69 Å². The van der Waals surface area contributed by atoms with Crippen LogP contribution in [0, 0.1) is 0 Å². The summed E-state index contributed by atoms with van der Waals surface area (Å²) >= 11 is 0. The number of hydrogen-bond acceptors (Lipinski definition) is 4. The number of nitrogens with one attached hydrogen (secondary N) is 1. The smallest absolute Gasteiger partial charge is 0.273 e.